The zero-order valence-corrected chi connectivity index (χ0v) is 10.5. The summed E-state index contributed by atoms with van der Waals surface area (Å²) in [6.45, 7) is 3.65. The van der Waals surface area contributed by atoms with Gasteiger partial charge in [0.25, 0.3) is 0 Å². The van der Waals surface area contributed by atoms with Crippen LogP contribution in [0.3, 0.4) is 0 Å². The standard InChI is InChI=1S/C13H16N2O3/c1-9(2)18-12(17)7-15-6-10(8-16)11-4-3-5-14-13(11)15/h3-6,9,16H,7-8H2,1-2H3. The molecule has 18 heavy (non-hydrogen) atoms. The normalized spacial score (nSPS) is 11.1. The molecule has 0 unspecified atom stereocenters. The Kier molecular flexibility index (Phi) is 3.62. The summed E-state index contributed by atoms with van der Waals surface area (Å²) in [5.74, 6) is -0.308. The van der Waals surface area contributed by atoms with E-state index in [0.29, 0.717) is 5.65 Å². The number of rotatable bonds is 4. The molecule has 0 aliphatic heterocycles. The summed E-state index contributed by atoms with van der Waals surface area (Å²) in [5, 5.41) is 10.1. The first-order chi connectivity index (χ1) is 8.61. The Morgan fingerprint density at radius 2 is 2.33 bits per heavy atom. The van der Waals surface area contributed by atoms with Gasteiger partial charge in [-0.25, -0.2) is 4.98 Å². The molecule has 0 spiro atoms. The number of carbonyl (C=O) groups excluding carboxylic acids is 1. The highest BCUT2D eigenvalue weighted by atomic mass is 16.5. The fourth-order valence-electron chi connectivity index (χ4n) is 1.88. The lowest BCUT2D eigenvalue weighted by molar-refractivity contribution is -0.148. The minimum Gasteiger partial charge on any atom is -0.462 e. The number of hydrogen-bond acceptors (Lipinski definition) is 4. The van der Waals surface area contributed by atoms with E-state index in [-0.39, 0.29) is 25.2 Å². The van der Waals surface area contributed by atoms with Crippen LogP contribution in [0.2, 0.25) is 0 Å². The van der Waals surface area contributed by atoms with Crippen molar-refractivity contribution in [2.75, 3.05) is 0 Å². The summed E-state index contributed by atoms with van der Waals surface area (Å²) < 4.78 is 6.80. The number of hydrogen-bond donors (Lipinski definition) is 1. The molecule has 96 valence electrons. The SMILES string of the molecule is CC(C)OC(=O)Cn1cc(CO)c2cccnc21. The van der Waals surface area contributed by atoms with Gasteiger partial charge in [-0.1, -0.05) is 0 Å². The molecule has 0 aliphatic rings. The lowest BCUT2D eigenvalue weighted by Crippen LogP contribution is -2.17. The first-order valence-corrected chi connectivity index (χ1v) is 5.85. The molecule has 0 fully saturated rings. The van der Waals surface area contributed by atoms with Gasteiger partial charge in [0.2, 0.25) is 0 Å². The van der Waals surface area contributed by atoms with Crippen LogP contribution in [0, 0.1) is 0 Å². The van der Waals surface area contributed by atoms with E-state index in [1.165, 1.54) is 0 Å². The van der Waals surface area contributed by atoms with Crippen LogP contribution in [-0.2, 0) is 22.7 Å². The minimum absolute atomic E-state index is 0.0750. The Morgan fingerprint density at radius 3 is 3.00 bits per heavy atom. The van der Waals surface area contributed by atoms with Crippen molar-refractivity contribution in [2.24, 2.45) is 0 Å². The molecule has 2 rings (SSSR count). The number of esters is 1. The quantitative estimate of drug-likeness (QED) is 0.832. The van der Waals surface area contributed by atoms with Gasteiger partial charge in [-0.2, -0.15) is 0 Å². The van der Waals surface area contributed by atoms with E-state index in [1.54, 1.807) is 23.0 Å². The number of aliphatic hydroxyl groups is 1. The van der Waals surface area contributed by atoms with Gasteiger partial charge in [0.1, 0.15) is 12.2 Å². The summed E-state index contributed by atoms with van der Waals surface area (Å²) in [6.07, 6.45) is 3.26. The molecular formula is C13H16N2O3. The van der Waals surface area contributed by atoms with Crippen molar-refractivity contribution in [3.05, 3.63) is 30.1 Å². The Hall–Kier alpha value is -1.88. The lowest BCUT2D eigenvalue weighted by Gasteiger charge is -2.08. The molecule has 0 bridgehead atoms. The van der Waals surface area contributed by atoms with Crippen molar-refractivity contribution in [3.8, 4) is 0 Å². The van der Waals surface area contributed by atoms with E-state index in [0.717, 1.165) is 10.9 Å². The number of ether oxygens (including phenoxy) is 1. The molecule has 2 aromatic heterocycles. The third kappa shape index (κ3) is 2.51. The second kappa shape index (κ2) is 5.18. The number of aromatic nitrogens is 2. The number of fused-ring (bicyclic) bond motifs is 1. The molecule has 5 heteroatoms. The Bertz CT molecular complexity index is 560. The predicted octanol–water partition coefficient (Wildman–Crippen LogP) is 1.48. The van der Waals surface area contributed by atoms with Crippen molar-refractivity contribution in [1.29, 1.82) is 0 Å². The van der Waals surface area contributed by atoms with Crippen molar-refractivity contribution in [2.45, 2.75) is 33.1 Å². The maximum atomic E-state index is 11.6. The van der Waals surface area contributed by atoms with Gasteiger partial charge in [0.15, 0.2) is 0 Å². The molecule has 2 aromatic rings. The zero-order chi connectivity index (χ0) is 13.1. The van der Waals surface area contributed by atoms with Crippen LogP contribution in [0.25, 0.3) is 11.0 Å². The van der Waals surface area contributed by atoms with Gasteiger partial charge in [-0.15, -0.1) is 0 Å². The first kappa shape index (κ1) is 12.6. The van der Waals surface area contributed by atoms with Crippen LogP contribution >= 0.6 is 0 Å². The van der Waals surface area contributed by atoms with Gasteiger partial charge in [-0.3, -0.25) is 4.79 Å². The van der Waals surface area contributed by atoms with E-state index >= 15 is 0 Å². The summed E-state index contributed by atoms with van der Waals surface area (Å²) in [5.41, 5.74) is 1.44. The van der Waals surface area contributed by atoms with E-state index < -0.39 is 0 Å². The number of nitrogens with zero attached hydrogens (tertiary/aromatic N) is 2. The molecular weight excluding hydrogens is 232 g/mol. The molecule has 0 atom stereocenters. The van der Waals surface area contributed by atoms with Gasteiger partial charge in [0, 0.05) is 23.3 Å². The number of pyridine rings is 1. The van der Waals surface area contributed by atoms with Crippen LogP contribution in [-0.4, -0.2) is 26.7 Å². The second-order valence-electron chi connectivity index (χ2n) is 4.35. The van der Waals surface area contributed by atoms with Crippen molar-refractivity contribution >= 4 is 17.0 Å². The monoisotopic (exact) mass is 248 g/mol. The smallest absolute Gasteiger partial charge is 0.326 e. The fraction of sp³-hybridized carbons (Fsp3) is 0.385. The Morgan fingerprint density at radius 1 is 1.56 bits per heavy atom. The van der Waals surface area contributed by atoms with Crippen molar-refractivity contribution < 1.29 is 14.6 Å². The van der Waals surface area contributed by atoms with Gasteiger partial charge in [0.05, 0.1) is 12.7 Å². The summed E-state index contributed by atoms with van der Waals surface area (Å²) in [6, 6.07) is 3.68. The largest absolute Gasteiger partial charge is 0.462 e. The number of aliphatic hydroxyl groups excluding tert-OH is 1. The van der Waals surface area contributed by atoms with Crippen LogP contribution < -0.4 is 0 Å². The average molecular weight is 248 g/mol. The molecule has 0 saturated heterocycles. The summed E-state index contributed by atoms with van der Waals surface area (Å²) >= 11 is 0. The summed E-state index contributed by atoms with van der Waals surface area (Å²) in [7, 11) is 0. The third-order valence-electron chi connectivity index (χ3n) is 2.55. The van der Waals surface area contributed by atoms with Gasteiger partial charge in [-0.05, 0) is 26.0 Å². The predicted molar refractivity (Wildman–Crippen MR) is 66.9 cm³/mol. The molecule has 0 aromatic carbocycles. The van der Waals surface area contributed by atoms with Gasteiger partial charge < -0.3 is 14.4 Å². The Labute approximate surface area is 105 Å². The van der Waals surface area contributed by atoms with Crippen molar-refractivity contribution in [3.63, 3.8) is 0 Å². The average Bonchev–Trinajstić information content (AvgIpc) is 2.67. The number of carbonyl (C=O) groups is 1. The molecule has 0 radical (unpaired) electrons. The van der Waals surface area contributed by atoms with Crippen molar-refractivity contribution in [1.82, 2.24) is 9.55 Å². The van der Waals surface area contributed by atoms with Crippen LogP contribution in [0.5, 0.6) is 0 Å². The van der Waals surface area contributed by atoms with E-state index in [4.69, 9.17) is 4.74 Å². The fourth-order valence-corrected chi connectivity index (χ4v) is 1.88. The second-order valence-corrected chi connectivity index (χ2v) is 4.35. The minimum atomic E-state index is -0.308. The third-order valence-corrected chi connectivity index (χ3v) is 2.55. The maximum absolute atomic E-state index is 11.6. The lowest BCUT2D eigenvalue weighted by atomic mass is 10.2. The van der Waals surface area contributed by atoms with E-state index in [1.807, 2.05) is 19.9 Å². The van der Waals surface area contributed by atoms with Gasteiger partial charge >= 0.3 is 5.97 Å². The van der Waals surface area contributed by atoms with E-state index in [2.05, 4.69) is 4.98 Å². The zero-order valence-electron chi connectivity index (χ0n) is 10.5. The highest BCUT2D eigenvalue weighted by molar-refractivity contribution is 5.82. The van der Waals surface area contributed by atoms with Crippen LogP contribution in [0.15, 0.2) is 24.5 Å². The topological polar surface area (TPSA) is 64.3 Å². The highest BCUT2D eigenvalue weighted by Gasteiger charge is 2.12. The molecule has 0 saturated carbocycles. The molecule has 0 aliphatic carbocycles. The van der Waals surface area contributed by atoms with E-state index in [9.17, 15) is 9.90 Å². The maximum Gasteiger partial charge on any atom is 0.326 e. The molecule has 5 nitrogen and oxygen atoms in total. The highest BCUT2D eigenvalue weighted by Crippen LogP contribution is 2.19. The van der Waals surface area contributed by atoms with Crippen LogP contribution in [0.4, 0.5) is 0 Å². The molecule has 2 heterocycles. The first-order valence-electron chi connectivity index (χ1n) is 5.85. The molecule has 0 amide bonds. The summed E-state index contributed by atoms with van der Waals surface area (Å²) in [4.78, 5) is 15.9. The molecule has 1 N–H and O–H groups in total. The van der Waals surface area contributed by atoms with Crippen LogP contribution in [0.1, 0.15) is 19.4 Å². The Balaban J connectivity index is 2.31.